The third-order valence-corrected chi connectivity index (χ3v) is 2.61. The molecule has 0 saturated carbocycles. The Morgan fingerprint density at radius 1 is 1.64 bits per heavy atom. The van der Waals surface area contributed by atoms with Crippen LogP contribution in [0.1, 0.15) is 26.2 Å². The summed E-state index contributed by atoms with van der Waals surface area (Å²) in [5, 5.41) is 0. The molecule has 4 heteroatoms. The lowest BCUT2D eigenvalue weighted by atomic mass is 9.96. The molecule has 0 amide bonds. The van der Waals surface area contributed by atoms with Crippen LogP contribution < -0.4 is 0 Å². The Kier molecular flexibility index (Phi) is 5.26. The lowest BCUT2D eigenvalue weighted by Crippen LogP contribution is -2.29. The fourth-order valence-corrected chi connectivity index (χ4v) is 1.67. The fourth-order valence-electron chi connectivity index (χ4n) is 1.56. The van der Waals surface area contributed by atoms with Gasteiger partial charge in [0.15, 0.2) is 0 Å². The standard InChI is InChI=1S/C10H17ClO3/c1-8-7-9(3-6-13-8)10(12)14-5-2-4-11/h8-9H,2-7H2,1H3. The summed E-state index contributed by atoms with van der Waals surface area (Å²) < 4.78 is 10.4. The number of alkyl halides is 1. The second-order valence-electron chi connectivity index (χ2n) is 3.61. The molecular weight excluding hydrogens is 204 g/mol. The monoisotopic (exact) mass is 220 g/mol. The van der Waals surface area contributed by atoms with Crippen molar-refractivity contribution in [2.75, 3.05) is 19.1 Å². The van der Waals surface area contributed by atoms with E-state index < -0.39 is 0 Å². The van der Waals surface area contributed by atoms with Crippen LogP contribution in [0, 0.1) is 5.92 Å². The van der Waals surface area contributed by atoms with Crippen molar-refractivity contribution in [1.29, 1.82) is 0 Å². The van der Waals surface area contributed by atoms with Crippen LogP contribution in [0.25, 0.3) is 0 Å². The minimum atomic E-state index is -0.0923. The Morgan fingerprint density at radius 3 is 3.07 bits per heavy atom. The van der Waals surface area contributed by atoms with E-state index >= 15 is 0 Å². The molecule has 2 unspecified atom stereocenters. The molecule has 82 valence electrons. The van der Waals surface area contributed by atoms with Crippen LogP contribution in [0.4, 0.5) is 0 Å². The van der Waals surface area contributed by atoms with Crippen molar-refractivity contribution >= 4 is 17.6 Å². The SMILES string of the molecule is CC1CC(C(=O)OCCCCl)CCO1. The van der Waals surface area contributed by atoms with Crippen LogP contribution in [0.2, 0.25) is 0 Å². The molecule has 0 radical (unpaired) electrons. The summed E-state index contributed by atoms with van der Waals surface area (Å²) in [4.78, 5) is 11.5. The van der Waals surface area contributed by atoms with E-state index in [9.17, 15) is 4.79 Å². The minimum absolute atomic E-state index is 0.0223. The number of hydrogen-bond donors (Lipinski definition) is 0. The van der Waals surface area contributed by atoms with Gasteiger partial charge in [-0.1, -0.05) is 0 Å². The van der Waals surface area contributed by atoms with Crippen molar-refractivity contribution in [3.8, 4) is 0 Å². The highest BCUT2D eigenvalue weighted by molar-refractivity contribution is 6.17. The molecule has 0 spiro atoms. The summed E-state index contributed by atoms with van der Waals surface area (Å²) in [6.45, 7) is 3.09. The fraction of sp³-hybridized carbons (Fsp3) is 0.900. The predicted molar refractivity (Wildman–Crippen MR) is 54.4 cm³/mol. The van der Waals surface area contributed by atoms with E-state index in [0.717, 1.165) is 19.3 Å². The average Bonchev–Trinajstić information content (AvgIpc) is 2.18. The Balaban J connectivity index is 2.22. The first-order chi connectivity index (χ1) is 6.74. The smallest absolute Gasteiger partial charge is 0.309 e. The van der Waals surface area contributed by atoms with Crippen LogP contribution in [0.3, 0.4) is 0 Å². The molecule has 1 rings (SSSR count). The topological polar surface area (TPSA) is 35.5 Å². The maximum absolute atomic E-state index is 11.5. The van der Waals surface area contributed by atoms with Gasteiger partial charge < -0.3 is 9.47 Å². The van der Waals surface area contributed by atoms with Gasteiger partial charge in [-0.25, -0.2) is 0 Å². The van der Waals surface area contributed by atoms with E-state index in [2.05, 4.69) is 0 Å². The van der Waals surface area contributed by atoms with Crippen molar-refractivity contribution in [3.05, 3.63) is 0 Å². The van der Waals surface area contributed by atoms with Crippen molar-refractivity contribution in [1.82, 2.24) is 0 Å². The molecule has 0 aromatic rings. The van der Waals surface area contributed by atoms with Crippen LogP contribution in [0.5, 0.6) is 0 Å². The largest absolute Gasteiger partial charge is 0.465 e. The van der Waals surface area contributed by atoms with Crippen molar-refractivity contribution in [3.63, 3.8) is 0 Å². The van der Waals surface area contributed by atoms with E-state index in [1.165, 1.54) is 0 Å². The second-order valence-corrected chi connectivity index (χ2v) is 3.99. The molecule has 0 aliphatic carbocycles. The third-order valence-electron chi connectivity index (χ3n) is 2.34. The van der Waals surface area contributed by atoms with Crippen LogP contribution in [-0.2, 0) is 14.3 Å². The molecule has 0 aromatic carbocycles. The number of ether oxygens (including phenoxy) is 2. The maximum atomic E-state index is 11.5. The zero-order chi connectivity index (χ0) is 10.4. The highest BCUT2D eigenvalue weighted by atomic mass is 35.5. The average molecular weight is 221 g/mol. The molecule has 1 fully saturated rings. The molecule has 0 bridgehead atoms. The molecule has 1 aliphatic heterocycles. The van der Waals surface area contributed by atoms with E-state index in [1.807, 2.05) is 6.92 Å². The Morgan fingerprint density at radius 2 is 2.43 bits per heavy atom. The van der Waals surface area contributed by atoms with Crippen molar-refractivity contribution in [2.45, 2.75) is 32.3 Å². The molecule has 1 saturated heterocycles. The maximum Gasteiger partial charge on any atom is 0.309 e. The highest BCUT2D eigenvalue weighted by Gasteiger charge is 2.26. The molecule has 2 atom stereocenters. The molecular formula is C10H17ClO3. The summed E-state index contributed by atoms with van der Waals surface area (Å²) in [5.74, 6) is 0.469. The summed E-state index contributed by atoms with van der Waals surface area (Å²) in [7, 11) is 0. The summed E-state index contributed by atoms with van der Waals surface area (Å²) >= 11 is 5.48. The van der Waals surface area contributed by atoms with Gasteiger partial charge in [0.25, 0.3) is 0 Å². The first-order valence-electron chi connectivity index (χ1n) is 5.08. The number of esters is 1. The van der Waals surface area contributed by atoms with Gasteiger partial charge in [0.2, 0.25) is 0 Å². The van der Waals surface area contributed by atoms with Gasteiger partial charge >= 0.3 is 5.97 Å². The number of carbonyl (C=O) groups is 1. The number of rotatable bonds is 4. The van der Waals surface area contributed by atoms with Crippen LogP contribution in [0.15, 0.2) is 0 Å². The highest BCUT2D eigenvalue weighted by Crippen LogP contribution is 2.21. The van der Waals surface area contributed by atoms with E-state index in [0.29, 0.717) is 19.1 Å². The van der Waals surface area contributed by atoms with Gasteiger partial charge in [0.05, 0.1) is 18.6 Å². The van der Waals surface area contributed by atoms with Gasteiger partial charge in [-0.3, -0.25) is 4.79 Å². The van der Waals surface area contributed by atoms with E-state index in [1.54, 1.807) is 0 Å². The van der Waals surface area contributed by atoms with Gasteiger partial charge in [0, 0.05) is 12.5 Å². The van der Waals surface area contributed by atoms with Gasteiger partial charge in [0.1, 0.15) is 0 Å². The zero-order valence-electron chi connectivity index (χ0n) is 8.50. The Bertz CT molecular complexity index is 184. The second kappa shape index (κ2) is 6.25. The molecule has 14 heavy (non-hydrogen) atoms. The van der Waals surface area contributed by atoms with E-state index in [4.69, 9.17) is 21.1 Å². The first kappa shape index (κ1) is 11.8. The molecule has 3 nitrogen and oxygen atoms in total. The summed E-state index contributed by atoms with van der Waals surface area (Å²) in [6, 6.07) is 0. The lowest BCUT2D eigenvalue weighted by molar-refractivity contribution is -0.153. The zero-order valence-corrected chi connectivity index (χ0v) is 9.26. The summed E-state index contributed by atoms with van der Waals surface area (Å²) in [6.07, 6.45) is 2.46. The van der Waals surface area contributed by atoms with Crippen molar-refractivity contribution in [2.24, 2.45) is 5.92 Å². The van der Waals surface area contributed by atoms with Crippen LogP contribution >= 0.6 is 11.6 Å². The normalized spacial score (nSPS) is 27.3. The van der Waals surface area contributed by atoms with Crippen molar-refractivity contribution < 1.29 is 14.3 Å². The lowest BCUT2D eigenvalue weighted by Gasteiger charge is -2.25. The van der Waals surface area contributed by atoms with Crippen LogP contribution in [-0.4, -0.2) is 31.2 Å². The third kappa shape index (κ3) is 3.84. The Hall–Kier alpha value is -0.280. The van der Waals surface area contributed by atoms with Gasteiger partial charge in [-0.15, -0.1) is 11.6 Å². The minimum Gasteiger partial charge on any atom is -0.465 e. The molecule has 1 heterocycles. The Labute approximate surface area is 89.7 Å². The molecule has 1 aliphatic rings. The molecule has 0 aromatic heterocycles. The predicted octanol–water partition coefficient (Wildman–Crippen LogP) is 1.97. The van der Waals surface area contributed by atoms with Gasteiger partial charge in [-0.2, -0.15) is 0 Å². The number of carbonyl (C=O) groups excluding carboxylic acids is 1. The quantitative estimate of drug-likeness (QED) is 0.413. The van der Waals surface area contributed by atoms with E-state index in [-0.39, 0.29) is 18.0 Å². The molecule has 0 N–H and O–H groups in total. The number of halogens is 1. The number of hydrogen-bond acceptors (Lipinski definition) is 3. The first-order valence-corrected chi connectivity index (χ1v) is 5.61. The summed E-state index contributed by atoms with van der Waals surface area (Å²) in [5.41, 5.74) is 0. The van der Waals surface area contributed by atoms with Gasteiger partial charge in [-0.05, 0) is 26.2 Å².